The van der Waals surface area contributed by atoms with Gasteiger partial charge in [0.15, 0.2) is 5.76 Å². The van der Waals surface area contributed by atoms with E-state index in [0.717, 1.165) is 0 Å². The average Bonchev–Trinajstić information content (AvgIpc) is 3.36. The lowest BCUT2D eigenvalue weighted by molar-refractivity contribution is -0.119. The first-order valence-corrected chi connectivity index (χ1v) is 12.2. The van der Waals surface area contributed by atoms with Gasteiger partial charge in [-0.3, -0.25) is 9.59 Å². The number of anilines is 2. The number of hydrogen-bond donors (Lipinski definition) is 6. The molecule has 206 valence electrons. The number of oxazole rings is 1. The van der Waals surface area contributed by atoms with Crippen molar-refractivity contribution in [3.05, 3.63) is 54.7 Å². The number of aromatic nitrogens is 1. The normalized spacial score (nSPS) is 12.5. The second-order valence-electron chi connectivity index (χ2n) is 9.51. The van der Waals surface area contributed by atoms with Gasteiger partial charge in [0.25, 0.3) is 0 Å². The first-order chi connectivity index (χ1) is 18.4. The van der Waals surface area contributed by atoms with Crippen LogP contribution in [-0.2, 0) is 9.59 Å². The molecule has 0 radical (unpaired) electrons. The number of carbonyl (C=O) groups is 4. The smallest absolute Gasteiger partial charge is 0.405 e. The van der Waals surface area contributed by atoms with Crippen molar-refractivity contribution in [3.8, 4) is 22.8 Å². The molecule has 3 aromatic rings. The van der Waals surface area contributed by atoms with Crippen molar-refractivity contribution in [3.63, 3.8) is 0 Å². The molecule has 0 aliphatic carbocycles. The van der Waals surface area contributed by atoms with Crippen LogP contribution in [-0.4, -0.2) is 51.3 Å². The molecule has 0 fully saturated rings. The Hall–Kier alpha value is -4.87. The summed E-state index contributed by atoms with van der Waals surface area (Å²) in [6.45, 7) is 6.98. The van der Waals surface area contributed by atoms with E-state index in [4.69, 9.17) is 14.6 Å². The molecule has 12 heteroatoms. The van der Waals surface area contributed by atoms with Gasteiger partial charge in [0.05, 0.1) is 6.20 Å². The highest BCUT2D eigenvalue weighted by Crippen LogP contribution is 2.28. The molecular formula is C27H31N5O7. The molecule has 0 bridgehead atoms. The van der Waals surface area contributed by atoms with Crippen LogP contribution >= 0.6 is 0 Å². The van der Waals surface area contributed by atoms with Crippen LogP contribution in [0.15, 0.2) is 59.1 Å². The molecule has 0 aliphatic heterocycles. The minimum Gasteiger partial charge on any atom is -0.465 e. The Morgan fingerprint density at radius 2 is 1.10 bits per heavy atom. The highest BCUT2D eigenvalue weighted by Gasteiger charge is 2.25. The highest BCUT2D eigenvalue weighted by atomic mass is 16.4. The molecule has 0 saturated carbocycles. The van der Waals surface area contributed by atoms with Gasteiger partial charge < -0.3 is 35.9 Å². The van der Waals surface area contributed by atoms with Crippen LogP contribution in [0.25, 0.3) is 22.8 Å². The second-order valence-corrected chi connectivity index (χ2v) is 9.51. The topological polar surface area (TPSA) is 183 Å². The van der Waals surface area contributed by atoms with Gasteiger partial charge in [-0.05, 0) is 60.4 Å². The molecule has 2 atom stereocenters. The van der Waals surface area contributed by atoms with Crippen LogP contribution < -0.4 is 21.3 Å². The summed E-state index contributed by atoms with van der Waals surface area (Å²) < 4.78 is 5.89. The molecular weight excluding hydrogens is 506 g/mol. The van der Waals surface area contributed by atoms with Crippen molar-refractivity contribution >= 4 is 35.4 Å². The van der Waals surface area contributed by atoms with Gasteiger partial charge in [-0.2, -0.15) is 0 Å². The zero-order valence-corrected chi connectivity index (χ0v) is 21.9. The van der Waals surface area contributed by atoms with E-state index in [1.165, 1.54) is 0 Å². The fraction of sp³-hybridized carbons (Fsp3) is 0.296. The van der Waals surface area contributed by atoms with Gasteiger partial charge in [-0.15, -0.1) is 0 Å². The fourth-order valence-electron chi connectivity index (χ4n) is 3.73. The summed E-state index contributed by atoms with van der Waals surface area (Å²) in [5.74, 6) is -0.540. The molecule has 0 aliphatic rings. The maximum atomic E-state index is 12.5. The SMILES string of the molecule is CC(C)[C@@H](NC(=O)O)C(=O)Nc1ccc(-c2cnc(-c3ccc(NC(=O)[C@H](NC(=O)O)C(C)C)cc3)o2)cc1. The van der Waals surface area contributed by atoms with Gasteiger partial charge in [-0.1, -0.05) is 27.7 Å². The second kappa shape index (κ2) is 12.6. The largest absolute Gasteiger partial charge is 0.465 e. The first-order valence-electron chi connectivity index (χ1n) is 12.2. The Balaban J connectivity index is 1.65. The Labute approximate surface area is 224 Å². The van der Waals surface area contributed by atoms with Crippen molar-refractivity contribution in [2.75, 3.05) is 10.6 Å². The summed E-state index contributed by atoms with van der Waals surface area (Å²) in [5, 5.41) is 27.8. The van der Waals surface area contributed by atoms with Crippen LogP contribution in [0.4, 0.5) is 21.0 Å². The lowest BCUT2D eigenvalue weighted by Gasteiger charge is -2.20. The predicted octanol–water partition coefficient (Wildman–Crippen LogP) is 4.47. The number of amides is 4. The van der Waals surface area contributed by atoms with E-state index in [9.17, 15) is 19.2 Å². The van der Waals surface area contributed by atoms with Crippen LogP contribution in [0, 0.1) is 11.8 Å². The Morgan fingerprint density at radius 3 is 1.49 bits per heavy atom. The number of carbonyl (C=O) groups excluding carboxylic acids is 2. The van der Waals surface area contributed by atoms with E-state index >= 15 is 0 Å². The van der Waals surface area contributed by atoms with Crippen molar-refractivity contribution in [1.29, 1.82) is 0 Å². The number of nitrogens with zero attached hydrogens (tertiary/aromatic N) is 1. The van der Waals surface area contributed by atoms with Crippen LogP contribution in [0.3, 0.4) is 0 Å². The molecule has 0 unspecified atom stereocenters. The summed E-state index contributed by atoms with van der Waals surface area (Å²) in [6.07, 6.45) is -0.978. The molecule has 3 rings (SSSR count). The minimum absolute atomic E-state index is 0.232. The van der Waals surface area contributed by atoms with Gasteiger partial charge in [0.1, 0.15) is 12.1 Å². The summed E-state index contributed by atoms with van der Waals surface area (Å²) >= 11 is 0. The lowest BCUT2D eigenvalue weighted by atomic mass is 10.0. The van der Waals surface area contributed by atoms with Crippen molar-refractivity contribution in [2.24, 2.45) is 11.8 Å². The zero-order valence-electron chi connectivity index (χ0n) is 21.9. The van der Waals surface area contributed by atoms with E-state index in [2.05, 4.69) is 26.3 Å². The van der Waals surface area contributed by atoms with Gasteiger partial charge >= 0.3 is 12.2 Å². The number of nitrogens with one attached hydrogen (secondary N) is 4. The van der Waals surface area contributed by atoms with Crippen LogP contribution in [0.1, 0.15) is 27.7 Å². The highest BCUT2D eigenvalue weighted by molar-refractivity contribution is 5.97. The molecule has 6 N–H and O–H groups in total. The molecule has 12 nitrogen and oxygen atoms in total. The molecule has 39 heavy (non-hydrogen) atoms. The third-order valence-electron chi connectivity index (χ3n) is 5.80. The minimum atomic E-state index is -1.27. The summed E-state index contributed by atoms with van der Waals surface area (Å²) in [5.41, 5.74) is 2.37. The standard InChI is InChI=1S/C27H31N5O7/c1-14(2)21(31-26(35)36)23(33)29-18-9-5-16(6-10-18)20-13-28-25(39-20)17-7-11-19(12-8-17)30-24(34)22(15(3)4)32-27(37)38/h5-15,21-22,31-32H,1-4H3,(H,29,33)(H,30,34)(H,35,36)(H,37,38)/t21-,22-/m1/s1. The fourth-order valence-corrected chi connectivity index (χ4v) is 3.73. The Morgan fingerprint density at radius 1 is 0.692 bits per heavy atom. The van der Waals surface area contributed by atoms with E-state index in [1.54, 1.807) is 82.4 Å². The summed E-state index contributed by atoms with van der Waals surface area (Å²) in [6, 6.07) is 11.8. The van der Waals surface area contributed by atoms with Crippen molar-refractivity contribution in [2.45, 2.75) is 39.8 Å². The summed E-state index contributed by atoms with van der Waals surface area (Å²) in [4.78, 5) is 51.2. The van der Waals surface area contributed by atoms with Crippen molar-refractivity contribution in [1.82, 2.24) is 15.6 Å². The number of rotatable bonds is 10. The molecule has 1 aromatic heterocycles. The van der Waals surface area contributed by atoms with Gasteiger partial charge in [0.2, 0.25) is 17.7 Å². The Kier molecular flexibility index (Phi) is 9.26. The number of benzene rings is 2. The Bertz CT molecular complexity index is 1220. The van der Waals surface area contributed by atoms with Crippen molar-refractivity contribution < 1.29 is 33.8 Å². The monoisotopic (exact) mass is 537 g/mol. The average molecular weight is 538 g/mol. The maximum Gasteiger partial charge on any atom is 0.405 e. The molecule has 1 heterocycles. The first kappa shape index (κ1) is 28.7. The third kappa shape index (κ3) is 7.81. The van der Waals surface area contributed by atoms with E-state index < -0.39 is 36.1 Å². The maximum absolute atomic E-state index is 12.5. The summed E-state index contributed by atoms with van der Waals surface area (Å²) in [7, 11) is 0. The molecule has 0 saturated heterocycles. The number of hydrogen-bond acceptors (Lipinski definition) is 6. The molecule has 2 aromatic carbocycles. The molecule has 0 spiro atoms. The van der Waals surface area contributed by atoms with E-state index in [0.29, 0.717) is 34.2 Å². The molecule has 4 amide bonds. The van der Waals surface area contributed by atoms with Gasteiger partial charge in [-0.25, -0.2) is 14.6 Å². The van der Waals surface area contributed by atoms with Crippen LogP contribution in [0.2, 0.25) is 0 Å². The lowest BCUT2D eigenvalue weighted by Crippen LogP contribution is -2.46. The van der Waals surface area contributed by atoms with Gasteiger partial charge in [0, 0.05) is 22.5 Å². The van der Waals surface area contributed by atoms with E-state index in [-0.39, 0.29) is 11.8 Å². The zero-order chi connectivity index (χ0) is 28.7. The van der Waals surface area contributed by atoms with Crippen LogP contribution in [0.5, 0.6) is 0 Å². The predicted molar refractivity (Wildman–Crippen MR) is 144 cm³/mol. The number of carboxylic acid groups (broad SMARTS) is 2. The van der Waals surface area contributed by atoms with E-state index in [1.807, 2.05) is 0 Å². The quantitative estimate of drug-likeness (QED) is 0.219. The third-order valence-corrected chi connectivity index (χ3v) is 5.80.